The third-order valence-electron chi connectivity index (χ3n) is 3.75. The second-order valence-corrected chi connectivity index (χ2v) is 5.27. The Bertz CT molecular complexity index is 706. The van der Waals surface area contributed by atoms with Crippen LogP contribution >= 0.6 is 0 Å². The molecule has 3 nitrogen and oxygen atoms in total. The molecule has 0 saturated carbocycles. The van der Waals surface area contributed by atoms with Crippen molar-refractivity contribution in [2.75, 3.05) is 6.54 Å². The van der Waals surface area contributed by atoms with Crippen LogP contribution in [0.3, 0.4) is 0 Å². The van der Waals surface area contributed by atoms with Crippen molar-refractivity contribution in [3.8, 4) is 0 Å². The molecule has 0 aliphatic carbocycles. The Morgan fingerprint density at radius 2 is 1.86 bits per heavy atom. The number of furan rings is 1. The molecule has 3 rings (SSSR count). The molecule has 3 aromatic rings. The van der Waals surface area contributed by atoms with Crippen LogP contribution in [0.15, 0.2) is 65.3 Å². The van der Waals surface area contributed by atoms with Gasteiger partial charge in [0.15, 0.2) is 0 Å². The Morgan fingerprint density at radius 1 is 1.05 bits per heavy atom. The summed E-state index contributed by atoms with van der Waals surface area (Å²) in [7, 11) is 0. The second-order valence-electron chi connectivity index (χ2n) is 5.27. The van der Waals surface area contributed by atoms with Crippen molar-refractivity contribution in [1.29, 1.82) is 0 Å². The van der Waals surface area contributed by atoms with E-state index in [4.69, 9.17) is 4.42 Å². The van der Waals surface area contributed by atoms with Crippen molar-refractivity contribution >= 4 is 10.8 Å². The van der Waals surface area contributed by atoms with Crippen LogP contribution in [-0.2, 0) is 0 Å². The summed E-state index contributed by atoms with van der Waals surface area (Å²) in [5.41, 5.74) is 0.924. The largest absolute Gasteiger partial charge is 0.468 e. The van der Waals surface area contributed by atoms with Gasteiger partial charge in [0.2, 0.25) is 0 Å². The molecule has 0 fully saturated rings. The lowest BCUT2D eigenvalue weighted by Crippen LogP contribution is -2.24. The first-order valence-corrected chi connectivity index (χ1v) is 7.17. The quantitative estimate of drug-likeness (QED) is 0.747. The molecule has 0 bridgehead atoms. The van der Waals surface area contributed by atoms with Gasteiger partial charge in [0, 0.05) is 6.54 Å². The van der Waals surface area contributed by atoms with Crippen LogP contribution in [0.1, 0.15) is 30.4 Å². The van der Waals surface area contributed by atoms with Gasteiger partial charge in [0.05, 0.1) is 18.4 Å². The van der Waals surface area contributed by atoms with Crippen LogP contribution in [0.25, 0.3) is 10.8 Å². The van der Waals surface area contributed by atoms with E-state index in [9.17, 15) is 5.11 Å². The van der Waals surface area contributed by atoms with E-state index in [0.29, 0.717) is 6.54 Å². The summed E-state index contributed by atoms with van der Waals surface area (Å²) in [6.45, 7) is 2.51. The molecule has 0 saturated heterocycles. The molecule has 0 amide bonds. The first-order chi connectivity index (χ1) is 10.2. The molecule has 2 N–H and O–H groups in total. The van der Waals surface area contributed by atoms with Crippen molar-refractivity contribution in [3.05, 3.63) is 72.2 Å². The summed E-state index contributed by atoms with van der Waals surface area (Å²) in [6.07, 6.45) is 1.12. The lowest BCUT2D eigenvalue weighted by Gasteiger charge is -2.16. The predicted octanol–water partition coefficient (Wildman–Crippen LogP) is 3.82. The maximum atomic E-state index is 10.3. The monoisotopic (exact) mass is 281 g/mol. The van der Waals surface area contributed by atoms with Gasteiger partial charge in [-0.25, -0.2) is 0 Å². The fraction of sp³-hybridized carbons (Fsp3) is 0.222. The zero-order chi connectivity index (χ0) is 14.7. The molecule has 0 radical (unpaired) electrons. The van der Waals surface area contributed by atoms with E-state index < -0.39 is 6.10 Å². The third kappa shape index (κ3) is 3.15. The smallest absolute Gasteiger partial charge is 0.120 e. The van der Waals surface area contributed by atoms with E-state index >= 15 is 0 Å². The van der Waals surface area contributed by atoms with Gasteiger partial charge in [-0.05, 0) is 41.5 Å². The second kappa shape index (κ2) is 6.12. The van der Waals surface area contributed by atoms with Gasteiger partial charge in [-0.3, -0.25) is 0 Å². The summed E-state index contributed by atoms with van der Waals surface area (Å²) in [4.78, 5) is 0. The minimum Gasteiger partial charge on any atom is -0.468 e. The molecule has 0 aliphatic heterocycles. The minimum atomic E-state index is -0.535. The fourth-order valence-electron chi connectivity index (χ4n) is 2.46. The highest BCUT2D eigenvalue weighted by molar-refractivity contribution is 5.83. The predicted molar refractivity (Wildman–Crippen MR) is 84.0 cm³/mol. The molecule has 1 heterocycles. The molecule has 2 atom stereocenters. The molecule has 108 valence electrons. The lowest BCUT2D eigenvalue weighted by molar-refractivity contribution is 0.169. The number of hydrogen-bond donors (Lipinski definition) is 2. The fourth-order valence-corrected chi connectivity index (χ4v) is 2.46. The SMILES string of the molecule is C[C@H](NCC(O)c1ccc2ccccc2c1)c1ccco1. The molecule has 1 aromatic heterocycles. The first kappa shape index (κ1) is 13.9. The average molecular weight is 281 g/mol. The summed E-state index contributed by atoms with van der Waals surface area (Å²) in [6, 6.07) is 18.1. The number of benzene rings is 2. The van der Waals surface area contributed by atoms with Crippen molar-refractivity contribution < 1.29 is 9.52 Å². The number of aliphatic hydroxyl groups is 1. The topological polar surface area (TPSA) is 45.4 Å². The van der Waals surface area contributed by atoms with Crippen LogP contribution in [0.5, 0.6) is 0 Å². The van der Waals surface area contributed by atoms with Gasteiger partial charge < -0.3 is 14.8 Å². The van der Waals surface area contributed by atoms with Crippen molar-refractivity contribution in [1.82, 2.24) is 5.32 Å². The van der Waals surface area contributed by atoms with Gasteiger partial charge in [0.1, 0.15) is 5.76 Å². The highest BCUT2D eigenvalue weighted by Crippen LogP contribution is 2.21. The van der Waals surface area contributed by atoms with Crippen molar-refractivity contribution in [2.24, 2.45) is 0 Å². The van der Waals surface area contributed by atoms with Gasteiger partial charge in [-0.15, -0.1) is 0 Å². The third-order valence-corrected chi connectivity index (χ3v) is 3.75. The number of fused-ring (bicyclic) bond motifs is 1. The van der Waals surface area contributed by atoms with E-state index in [-0.39, 0.29) is 6.04 Å². The Hall–Kier alpha value is -2.10. The molecular formula is C18H19NO2. The van der Waals surface area contributed by atoms with Crippen LogP contribution < -0.4 is 5.32 Å². The molecular weight excluding hydrogens is 262 g/mol. The minimum absolute atomic E-state index is 0.0788. The molecule has 0 aliphatic rings. The lowest BCUT2D eigenvalue weighted by atomic mass is 10.0. The highest BCUT2D eigenvalue weighted by atomic mass is 16.3. The van der Waals surface area contributed by atoms with Crippen molar-refractivity contribution in [3.63, 3.8) is 0 Å². The Kier molecular flexibility index (Phi) is 4.04. The van der Waals surface area contributed by atoms with Gasteiger partial charge in [-0.2, -0.15) is 0 Å². The zero-order valence-corrected chi connectivity index (χ0v) is 12.0. The van der Waals surface area contributed by atoms with Crippen LogP contribution in [0.2, 0.25) is 0 Å². The Labute approximate surface area is 124 Å². The van der Waals surface area contributed by atoms with E-state index in [1.54, 1.807) is 6.26 Å². The number of aliphatic hydroxyl groups excluding tert-OH is 1. The summed E-state index contributed by atoms with van der Waals surface area (Å²) < 4.78 is 5.35. The number of nitrogens with one attached hydrogen (secondary N) is 1. The van der Waals surface area contributed by atoms with Crippen LogP contribution in [0, 0.1) is 0 Å². The van der Waals surface area contributed by atoms with E-state index in [1.807, 2.05) is 49.4 Å². The molecule has 3 heteroatoms. The normalized spacial score (nSPS) is 14.2. The van der Waals surface area contributed by atoms with E-state index in [0.717, 1.165) is 16.7 Å². The highest BCUT2D eigenvalue weighted by Gasteiger charge is 2.12. The van der Waals surface area contributed by atoms with Crippen molar-refractivity contribution in [2.45, 2.75) is 19.1 Å². The van der Waals surface area contributed by atoms with Gasteiger partial charge >= 0.3 is 0 Å². The Morgan fingerprint density at radius 3 is 2.62 bits per heavy atom. The molecule has 1 unspecified atom stereocenters. The summed E-state index contributed by atoms with van der Waals surface area (Å²) >= 11 is 0. The number of rotatable bonds is 5. The standard InChI is InChI=1S/C18H19NO2/c1-13(18-7-4-10-21-18)19-12-17(20)16-9-8-14-5-2-3-6-15(14)11-16/h2-11,13,17,19-20H,12H2,1H3/t13-,17?/m0/s1. The molecule has 2 aromatic carbocycles. The first-order valence-electron chi connectivity index (χ1n) is 7.17. The maximum absolute atomic E-state index is 10.3. The zero-order valence-electron chi connectivity index (χ0n) is 12.0. The van der Waals surface area contributed by atoms with E-state index in [1.165, 1.54) is 5.39 Å². The van der Waals surface area contributed by atoms with Gasteiger partial charge in [-0.1, -0.05) is 36.4 Å². The summed E-state index contributed by atoms with van der Waals surface area (Å²) in [5.74, 6) is 0.876. The van der Waals surface area contributed by atoms with E-state index in [2.05, 4.69) is 17.4 Å². The van der Waals surface area contributed by atoms with Crippen LogP contribution in [-0.4, -0.2) is 11.7 Å². The average Bonchev–Trinajstić information content (AvgIpc) is 3.06. The van der Waals surface area contributed by atoms with Crippen LogP contribution in [0.4, 0.5) is 0 Å². The van der Waals surface area contributed by atoms with Gasteiger partial charge in [0.25, 0.3) is 0 Å². The Balaban J connectivity index is 1.67. The molecule has 0 spiro atoms. The molecule has 21 heavy (non-hydrogen) atoms. The summed E-state index contributed by atoms with van der Waals surface area (Å²) in [5, 5.41) is 16.0. The number of hydrogen-bond acceptors (Lipinski definition) is 3. The maximum Gasteiger partial charge on any atom is 0.120 e.